The monoisotopic (exact) mass is 464 g/mol. The van der Waals surface area contributed by atoms with Gasteiger partial charge in [0.2, 0.25) is 0 Å². The van der Waals surface area contributed by atoms with Crippen LogP contribution in [-0.2, 0) is 0 Å². The lowest BCUT2D eigenvalue weighted by Gasteiger charge is -2.27. The normalized spacial score (nSPS) is 10.9. The summed E-state index contributed by atoms with van der Waals surface area (Å²) in [6.07, 6.45) is 0. The highest BCUT2D eigenvalue weighted by Crippen LogP contribution is 2.54. The Labute approximate surface area is 203 Å². The van der Waals surface area contributed by atoms with Gasteiger partial charge >= 0.3 is 0 Å². The van der Waals surface area contributed by atoms with Crippen LogP contribution in [0.1, 0.15) is 0 Å². The smallest absolute Gasteiger partial charge is 0.112 e. The van der Waals surface area contributed by atoms with Crippen molar-refractivity contribution in [3.63, 3.8) is 0 Å². The quantitative estimate of drug-likeness (QED) is 0.345. The highest BCUT2D eigenvalue weighted by Gasteiger charge is 2.42. The summed E-state index contributed by atoms with van der Waals surface area (Å²) in [5.74, 6) is 0. The van der Waals surface area contributed by atoms with Crippen molar-refractivity contribution in [2.45, 2.75) is 0 Å². The molecule has 0 radical (unpaired) electrons. The molecule has 0 heterocycles. The Bertz CT molecular complexity index is 1260. The first-order valence-corrected chi connectivity index (χ1v) is 13.2. The van der Waals surface area contributed by atoms with Crippen LogP contribution in [-0.4, -0.2) is 6.66 Å². The summed E-state index contributed by atoms with van der Waals surface area (Å²) >= 11 is 0. The number of hydrogen-bond donors (Lipinski definition) is 0. The first kappa shape index (κ1) is 23.0. The predicted molar refractivity (Wildman–Crippen MR) is 142 cm³/mol. The molecule has 0 aliphatic rings. The summed E-state index contributed by atoms with van der Waals surface area (Å²) in [6, 6.07) is 50.5. The van der Waals surface area contributed by atoms with Gasteiger partial charge in [-0.15, -0.1) is 0 Å². The van der Waals surface area contributed by atoms with E-state index in [9.17, 15) is 0 Å². The van der Waals surface area contributed by atoms with Crippen LogP contribution in [0.3, 0.4) is 0 Å². The maximum atomic E-state index is 2.47. The van der Waals surface area contributed by atoms with Crippen LogP contribution in [0.5, 0.6) is 0 Å². The molecule has 0 atom stereocenters. The molecule has 0 spiro atoms. The number of benzene rings is 5. The van der Waals surface area contributed by atoms with E-state index in [-0.39, 0.29) is 12.4 Å². The minimum atomic E-state index is -1.88. The molecule has 0 aliphatic carbocycles. The summed E-state index contributed by atoms with van der Waals surface area (Å²) in [7, 11) is -1.88. The van der Waals surface area contributed by atoms with E-state index in [2.05, 4.69) is 146 Å². The van der Waals surface area contributed by atoms with Gasteiger partial charge in [0.25, 0.3) is 0 Å². The maximum Gasteiger partial charge on any atom is 0.112 e. The molecule has 0 nitrogen and oxygen atoms in total. The Hall–Kier alpha value is -3.18. The van der Waals surface area contributed by atoms with Gasteiger partial charge in [0.1, 0.15) is 23.2 Å². The third-order valence-electron chi connectivity index (χ3n) is 6.22. The number of halogens is 1. The summed E-state index contributed by atoms with van der Waals surface area (Å²) < 4.78 is 0. The van der Waals surface area contributed by atoms with Gasteiger partial charge in [-0.05, 0) is 47.0 Å². The van der Waals surface area contributed by atoms with E-state index >= 15 is 0 Å². The first-order chi connectivity index (χ1) is 15.8. The lowest BCUT2D eigenvalue weighted by atomic mass is 9.94. The van der Waals surface area contributed by atoms with Gasteiger partial charge in [0.05, 0.1) is 6.66 Å². The van der Waals surface area contributed by atoms with Crippen molar-refractivity contribution in [3.8, 4) is 22.3 Å². The Kier molecular flexibility index (Phi) is 7.09. The second-order valence-corrected chi connectivity index (χ2v) is 11.6. The van der Waals surface area contributed by atoms with Gasteiger partial charge in [0, 0.05) is 5.56 Å². The molecule has 0 saturated heterocycles. The molecule has 162 valence electrons. The minimum Gasteiger partial charge on any atom is -1.00 e. The summed E-state index contributed by atoms with van der Waals surface area (Å²) in [5, 5.41) is 4.21. The third-order valence-corrected chi connectivity index (χ3v) is 10.2. The van der Waals surface area contributed by atoms with E-state index in [4.69, 9.17) is 0 Å². The zero-order chi connectivity index (χ0) is 21.8. The molecule has 33 heavy (non-hydrogen) atoms. The Morgan fingerprint density at radius 3 is 1.33 bits per heavy atom. The average Bonchev–Trinajstić information content (AvgIpc) is 2.90. The van der Waals surface area contributed by atoms with Crippen LogP contribution in [0.15, 0.2) is 140 Å². The van der Waals surface area contributed by atoms with Crippen LogP contribution in [0, 0.1) is 0 Å². The molecule has 0 fully saturated rings. The van der Waals surface area contributed by atoms with Crippen molar-refractivity contribution in [1.82, 2.24) is 0 Å². The number of hydrogen-bond acceptors (Lipinski definition) is 0. The van der Waals surface area contributed by atoms with Crippen LogP contribution in [0.2, 0.25) is 0 Å². The summed E-state index contributed by atoms with van der Waals surface area (Å²) in [5.41, 5.74) is 5.14. The average molecular weight is 465 g/mol. The molecule has 0 bridgehead atoms. The Balaban J connectivity index is 0.00000259. The van der Waals surface area contributed by atoms with Gasteiger partial charge in [-0.3, -0.25) is 0 Å². The van der Waals surface area contributed by atoms with Crippen LogP contribution in [0.4, 0.5) is 0 Å². The molecular formula is C31H26ClP. The molecule has 5 aromatic carbocycles. The molecule has 0 N–H and O–H groups in total. The molecule has 0 saturated carbocycles. The third kappa shape index (κ3) is 4.38. The van der Waals surface area contributed by atoms with E-state index in [0.29, 0.717) is 0 Å². The second kappa shape index (κ2) is 10.2. The maximum absolute atomic E-state index is 2.47. The van der Waals surface area contributed by atoms with Crippen molar-refractivity contribution in [2.24, 2.45) is 0 Å². The van der Waals surface area contributed by atoms with Crippen molar-refractivity contribution >= 4 is 23.2 Å². The van der Waals surface area contributed by atoms with Gasteiger partial charge in [0.15, 0.2) is 0 Å². The molecule has 0 aromatic heterocycles. The van der Waals surface area contributed by atoms with Crippen molar-refractivity contribution in [1.29, 1.82) is 0 Å². The molecule has 5 rings (SSSR count). The van der Waals surface area contributed by atoms with E-state index in [1.807, 2.05) is 0 Å². The zero-order valence-electron chi connectivity index (χ0n) is 18.6. The lowest BCUT2D eigenvalue weighted by molar-refractivity contribution is -0.00000611. The fraction of sp³-hybridized carbons (Fsp3) is 0.0323. The fourth-order valence-electron chi connectivity index (χ4n) is 4.56. The lowest BCUT2D eigenvalue weighted by Crippen LogP contribution is -3.00. The molecule has 2 heteroatoms. The predicted octanol–water partition coefficient (Wildman–Crippen LogP) is 3.95. The van der Waals surface area contributed by atoms with E-state index in [1.54, 1.807) is 0 Å². The number of rotatable bonds is 5. The van der Waals surface area contributed by atoms with E-state index < -0.39 is 7.26 Å². The molecule has 5 aromatic rings. The van der Waals surface area contributed by atoms with Crippen molar-refractivity contribution in [3.05, 3.63) is 140 Å². The van der Waals surface area contributed by atoms with Gasteiger partial charge < -0.3 is 12.4 Å². The second-order valence-electron chi connectivity index (χ2n) is 8.11. The Morgan fingerprint density at radius 1 is 0.424 bits per heavy atom. The van der Waals surface area contributed by atoms with Gasteiger partial charge in [-0.1, -0.05) is 109 Å². The zero-order valence-corrected chi connectivity index (χ0v) is 20.3. The highest BCUT2D eigenvalue weighted by atomic mass is 35.5. The minimum absolute atomic E-state index is 0. The molecular weight excluding hydrogens is 439 g/mol. The van der Waals surface area contributed by atoms with Crippen LogP contribution in [0.25, 0.3) is 22.3 Å². The van der Waals surface area contributed by atoms with Crippen molar-refractivity contribution < 1.29 is 12.4 Å². The Morgan fingerprint density at radius 2 is 0.848 bits per heavy atom. The highest BCUT2D eigenvalue weighted by molar-refractivity contribution is 7.95. The largest absolute Gasteiger partial charge is 1.00 e. The summed E-state index contributed by atoms with van der Waals surface area (Å²) in [4.78, 5) is 0. The fourth-order valence-corrected chi connectivity index (χ4v) is 8.03. The van der Waals surface area contributed by atoms with Gasteiger partial charge in [-0.2, -0.15) is 0 Å². The van der Waals surface area contributed by atoms with E-state index in [1.165, 1.54) is 38.2 Å². The van der Waals surface area contributed by atoms with Crippen LogP contribution >= 0.6 is 7.26 Å². The van der Waals surface area contributed by atoms with Crippen molar-refractivity contribution in [2.75, 3.05) is 6.66 Å². The topological polar surface area (TPSA) is 0 Å². The summed E-state index contributed by atoms with van der Waals surface area (Å²) in [6.45, 7) is 2.47. The SMILES string of the molecule is C[P+](c1ccccc1)(c1ccccc1)c1cccc(-c2ccccc2)c1-c1ccccc1.[Cl-]. The first-order valence-electron chi connectivity index (χ1n) is 11.0. The standard InChI is InChI=1S/C31H26P.ClH/c1-32(27-19-10-4-11-20-27,28-21-12-5-13-22-28)30-24-14-23-29(25-15-6-2-7-16-25)31(30)26-17-8-3-9-18-26;/h2-24H,1H3;1H/q+1;/p-1. The molecule has 0 amide bonds. The van der Waals surface area contributed by atoms with Gasteiger partial charge in [-0.25, -0.2) is 0 Å². The molecule has 0 aliphatic heterocycles. The molecule has 0 unspecified atom stereocenters. The van der Waals surface area contributed by atoms with E-state index in [0.717, 1.165) is 0 Å². The van der Waals surface area contributed by atoms with Crippen LogP contribution < -0.4 is 28.3 Å².